The largest absolute Gasteiger partial charge is 0.472 e. The van der Waals surface area contributed by atoms with Gasteiger partial charge in [0.25, 0.3) is 0 Å². The smallest absolute Gasteiger partial charge is 0.462 e. The van der Waals surface area contributed by atoms with E-state index < -0.39 is 26.5 Å². The molecule has 0 aromatic rings. The van der Waals surface area contributed by atoms with Gasteiger partial charge in [-0.25, -0.2) is 4.57 Å². The van der Waals surface area contributed by atoms with Crippen LogP contribution in [0.5, 0.6) is 0 Å². The van der Waals surface area contributed by atoms with Crippen molar-refractivity contribution in [1.82, 2.24) is 0 Å². The number of hydrogen-bond acceptors (Lipinski definition) is 8. The molecule has 2 unspecified atom stereocenters. The van der Waals surface area contributed by atoms with Gasteiger partial charge in [0.05, 0.1) is 13.2 Å². The zero-order valence-corrected chi connectivity index (χ0v) is 44.5. The van der Waals surface area contributed by atoms with Crippen molar-refractivity contribution in [3.05, 3.63) is 48.6 Å². The number of hydrogen-bond donors (Lipinski definition) is 2. The van der Waals surface area contributed by atoms with Crippen molar-refractivity contribution in [3.8, 4) is 0 Å². The summed E-state index contributed by atoms with van der Waals surface area (Å²) in [4.78, 5) is 35.2. The highest BCUT2D eigenvalue weighted by atomic mass is 31.2. The number of unbranched alkanes of at least 4 members (excludes halogenated alkanes) is 32. The number of carbonyl (C=O) groups excluding carboxylic acids is 2. The quantitative estimate of drug-likeness (QED) is 0.0264. The Morgan fingerprint density at radius 3 is 1.22 bits per heavy atom. The molecule has 0 spiro atoms. The molecule has 0 aliphatic heterocycles. The fourth-order valence-corrected chi connectivity index (χ4v) is 8.87. The van der Waals surface area contributed by atoms with E-state index in [0.29, 0.717) is 6.42 Å². The van der Waals surface area contributed by atoms with Crippen molar-refractivity contribution in [2.75, 3.05) is 26.4 Å². The zero-order chi connectivity index (χ0) is 48.8. The second-order valence-corrected chi connectivity index (χ2v) is 20.2. The van der Waals surface area contributed by atoms with Crippen LogP contribution in [0.2, 0.25) is 0 Å². The van der Waals surface area contributed by atoms with Gasteiger partial charge in [0, 0.05) is 19.4 Å². The number of phosphoric ester groups is 1. The van der Waals surface area contributed by atoms with Gasteiger partial charge in [-0.15, -0.1) is 0 Å². The van der Waals surface area contributed by atoms with E-state index in [4.69, 9.17) is 24.3 Å². The average molecular weight is 964 g/mol. The maximum absolute atomic E-state index is 12.7. The van der Waals surface area contributed by atoms with Crippen molar-refractivity contribution in [3.63, 3.8) is 0 Å². The molecule has 0 aliphatic carbocycles. The fraction of sp³-hybridized carbons (Fsp3) is 0.825. The number of rotatable bonds is 53. The van der Waals surface area contributed by atoms with E-state index in [1.807, 2.05) is 0 Å². The first-order valence-corrected chi connectivity index (χ1v) is 29.6. The Bertz CT molecular complexity index is 1240. The minimum absolute atomic E-state index is 0.0537. The van der Waals surface area contributed by atoms with Crippen molar-refractivity contribution in [2.24, 2.45) is 5.73 Å². The normalized spacial score (nSPS) is 13.4. The Labute approximate surface area is 413 Å². The van der Waals surface area contributed by atoms with Gasteiger partial charge in [-0.2, -0.15) is 0 Å². The van der Waals surface area contributed by atoms with Crippen LogP contribution in [0, 0.1) is 0 Å². The Morgan fingerprint density at radius 1 is 0.463 bits per heavy atom. The lowest BCUT2D eigenvalue weighted by molar-refractivity contribution is -0.161. The summed E-state index contributed by atoms with van der Waals surface area (Å²) in [7, 11) is -4.39. The number of esters is 2. The van der Waals surface area contributed by atoms with E-state index >= 15 is 0 Å². The molecule has 0 amide bonds. The molecule has 3 N–H and O–H groups in total. The predicted molar refractivity (Wildman–Crippen MR) is 284 cm³/mol. The van der Waals surface area contributed by atoms with Crippen LogP contribution in [-0.2, 0) is 32.7 Å². The standard InChI is InChI=1S/C57H106NO8P/c1-3-5-7-9-11-13-15-17-19-21-23-25-26-27-28-30-32-34-36-38-40-42-44-46-48-50-57(60)66-55(54-65-67(61,62)64-52-51-58)53-63-56(59)49-47-45-43-41-39-37-35-33-31-29-24-22-20-18-16-14-12-10-8-6-4-2/h5,7,11,13,17,19,23,25,55H,3-4,6,8-10,12,14-16,18,20-22,24,26-54,58H2,1-2H3,(H,61,62)/b7-5-,13-11-,19-17-,25-23-. The Balaban J connectivity index is 3.97. The van der Waals surface area contributed by atoms with Gasteiger partial charge >= 0.3 is 19.8 Å². The van der Waals surface area contributed by atoms with E-state index in [1.165, 1.54) is 173 Å². The first-order chi connectivity index (χ1) is 32.8. The molecule has 0 aliphatic rings. The van der Waals surface area contributed by atoms with E-state index in [0.717, 1.165) is 64.2 Å². The van der Waals surface area contributed by atoms with E-state index in [1.54, 1.807) is 0 Å². The third-order valence-corrected chi connectivity index (χ3v) is 13.2. The summed E-state index contributed by atoms with van der Waals surface area (Å²) >= 11 is 0. The van der Waals surface area contributed by atoms with Gasteiger partial charge in [-0.05, 0) is 51.4 Å². The number of phosphoric acid groups is 1. The molecule has 0 heterocycles. The first kappa shape index (κ1) is 65.0. The van der Waals surface area contributed by atoms with Crippen LogP contribution in [0.3, 0.4) is 0 Å². The van der Waals surface area contributed by atoms with Crippen LogP contribution < -0.4 is 5.73 Å². The van der Waals surface area contributed by atoms with Crippen LogP contribution >= 0.6 is 7.82 Å². The molecule has 0 radical (unpaired) electrons. The van der Waals surface area contributed by atoms with Crippen LogP contribution in [0.15, 0.2) is 48.6 Å². The summed E-state index contributed by atoms with van der Waals surface area (Å²) in [6.07, 6.45) is 64.4. The van der Waals surface area contributed by atoms with Crippen LogP contribution in [-0.4, -0.2) is 49.3 Å². The van der Waals surface area contributed by atoms with Crippen molar-refractivity contribution in [2.45, 2.75) is 277 Å². The van der Waals surface area contributed by atoms with Gasteiger partial charge in [-0.3, -0.25) is 18.6 Å². The highest BCUT2D eigenvalue weighted by Gasteiger charge is 2.26. The van der Waals surface area contributed by atoms with E-state index in [-0.39, 0.29) is 38.6 Å². The first-order valence-electron chi connectivity index (χ1n) is 28.1. The zero-order valence-electron chi connectivity index (χ0n) is 43.6. The van der Waals surface area contributed by atoms with Crippen molar-refractivity contribution < 1.29 is 37.6 Å². The van der Waals surface area contributed by atoms with Crippen LogP contribution in [0.4, 0.5) is 0 Å². The summed E-state index contributed by atoms with van der Waals surface area (Å²) in [5.74, 6) is -0.818. The molecule has 67 heavy (non-hydrogen) atoms. The second-order valence-electron chi connectivity index (χ2n) is 18.8. The van der Waals surface area contributed by atoms with E-state index in [9.17, 15) is 19.0 Å². The van der Waals surface area contributed by atoms with Gasteiger partial charge in [0.1, 0.15) is 6.61 Å². The lowest BCUT2D eigenvalue weighted by Crippen LogP contribution is -2.29. The molecule has 10 heteroatoms. The monoisotopic (exact) mass is 964 g/mol. The third-order valence-electron chi connectivity index (χ3n) is 12.2. The number of nitrogens with two attached hydrogens (primary N) is 1. The number of ether oxygens (including phenoxy) is 2. The molecule has 392 valence electrons. The van der Waals surface area contributed by atoms with Gasteiger partial charge in [0.2, 0.25) is 0 Å². The molecular weight excluding hydrogens is 858 g/mol. The molecule has 2 atom stereocenters. The average Bonchev–Trinajstić information content (AvgIpc) is 3.32. The van der Waals surface area contributed by atoms with Crippen molar-refractivity contribution >= 4 is 19.8 Å². The molecule has 0 aromatic heterocycles. The number of carbonyl (C=O) groups is 2. The highest BCUT2D eigenvalue weighted by Crippen LogP contribution is 2.43. The molecular formula is C57H106NO8P. The van der Waals surface area contributed by atoms with Crippen LogP contribution in [0.25, 0.3) is 0 Å². The maximum Gasteiger partial charge on any atom is 0.472 e. The summed E-state index contributed by atoms with van der Waals surface area (Å²) in [6, 6.07) is 0. The molecule has 0 aromatic carbocycles. The molecule has 0 fully saturated rings. The SMILES string of the molecule is CC/C=C\C/C=C\C/C=C\C/C=C\CCCCCCCCCCCCCCC(=O)OC(COC(=O)CCCCCCCCCCCCCCCCCCCCCCC)COP(=O)(O)OCCN. The Kier molecular flexibility index (Phi) is 51.7. The summed E-state index contributed by atoms with van der Waals surface area (Å²) in [6.45, 7) is 3.67. The lowest BCUT2D eigenvalue weighted by atomic mass is 10.0. The summed E-state index contributed by atoms with van der Waals surface area (Å²) in [5, 5.41) is 0. The summed E-state index contributed by atoms with van der Waals surface area (Å²) in [5.41, 5.74) is 5.38. The van der Waals surface area contributed by atoms with Gasteiger partial charge in [0.15, 0.2) is 6.10 Å². The fourth-order valence-electron chi connectivity index (χ4n) is 8.10. The molecule has 9 nitrogen and oxygen atoms in total. The minimum atomic E-state index is -4.39. The lowest BCUT2D eigenvalue weighted by Gasteiger charge is -2.19. The predicted octanol–water partition coefficient (Wildman–Crippen LogP) is 17.4. The van der Waals surface area contributed by atoms with Crippen LogP contribution in [0.1, 0.15) is 271 Å². The molecule has 0 bridgehead atoms. The number of allylic oxidation sites excluding steroid dienone is 8. The Hall–Kier alpha value is -2.03. The summed E-state index contributed by atoms with van der Waals surface area (Å²) < 4.78 is 33.0. The van der Waals surface area contributed by atoms with Crippen molar-refractivity contribution in [1.29, 1.82) is 0 Å². The van der Waals surface area contributed by atoms with E-state index in [2.05, 4.69) is 62.5 Å². The molecule has 0 saturated heterocycles. The van der Waals surface area contributed by atoms with Gasteiger partial charge < -0.3 is 20.1 Å². The maximum atomic E-state index is 12.7. The third kappa shape index (κ3) is 53.2. The Morgan fingerprint density at radius 2 is 0.821 bits per heavy atom. The van der Waals surface area contributed by atoms with Gasteiger partial charge in [-0.1, -0.05) is 255 Å². The topological polar surface area (TPSA) is 134 Å². The second kappa shape index (κ2) is 53.3. The minimum Gasteiger partial charge on any atom is -0.462 e. The molecule has 0 saturated carbocycles. The molecule has 0 rings (SSSR count). The highest BCUT2D eigenvalue weighted by molar-refractivity contribution is 7.47.